The van der Waals surface area contributed by atoms with E-state index in [1.807, 2.05) is 41.9 Å². The number of unbranched alkanes of at least 4 members (excludes halogenated alkanes) is 1. The predicted octanol–water partition coefficient (Wildman–Crippen LogP) is 5.65. The Hall–Kier alpha value is -1.81. The van der Waals surface area contributed by atoms with E-state index in [0.29, 0.717) is 23.0 Å². The summed E-state index contributed by atoms with van der Waals surface area (Å²) in [6.45, 7) is 9.29. The number of ether oxygens (including phenoxy) is 1. The number of piperidine rings is 3. The molecule has 0 amide bonds. The van der Waals surface area contributed by atoms with E-state index < -0.39 is 0 Å². The smallest absolute Gasteiger partial charge is 0.166 e. The minimum absolute atomic E-state index is 0.0442. The first-order valence-corrected chi connectivity index (χ1v) is 16.1. The Labute approximate surface area is 240 Å². The Kier molecular flexibility index (Phi) is 9.51. The molecule has 4 aliphatic rings. The molecule has 9 heteroatoms. The quantitative estimate of drug-likeness (QED) is 0.216. The number of hydrogen-bond acceptors (Lipinski definition) is 7. The summed E-state index contributed by atoms with van der Waals surface area (Å²) in [4.78, 5) is 12.2. The van der Waals surface area contributed by atoms with E-state index in [-0.39, 0.29) is 12.1 Å². The zero-order valence-electron chi connectivity index (χ0n) is 22.4. The van der Waals surface area contributed by atoms with E-state index in [0.717, 1.165) is 54.2 Å². The van der Waals surface area contributed by atoms with Crippen molar-refractivity contribution in [3.63, 3.8) is 0 Å². The van der Waals surface area contributed by atoms with Crippen molar-refractivity contribution in [3.05, 3.63) is 48.7 Å². The second kappa shape index (κ2) is 13.0. The monoisotopic (exact) mass is 569 g/mol. The van der Waals surface area contributed by atoms with E-state index in [2.05, 4.69) is 52.2 Å². The first-order valence-electron chi connectivity index (χ1n) is 13.8. The van der Waals surface area contributed by atoms with Crippen LogP contribution >= 0.6 is 35.7 Å². The number of rotatable bonds is 10. The molecule has 3 saturated heterocycles. The van der Waals surface area contributed by atoms with E-state index >= 15 is 0 Å². The lowest BCUT2D eigenvalue weighted by Gasteiger charge is -2.52. The van der Waals surface area contributed by atoms with Gasteiger partial charge in [0.1, 0.15) is 10.1 Å². The van der Waals surface area contributed by atoms with Gasteiger partial charge < -0.3 is 15.4 Å². The molecule has 2 N–H and O–H groups in total. The molecule has 1 aromatic carbocycles. The lowest BCUT2D eigenvalue weighted by atomic mass is 9.73. The first kappa shape index (κ1) is 27.7. The van der Waals surface area contributed by atoms with Gasteiger partial charge in [-0.1, -0.05) is 42.9 Å². The molecule has 0 aliphatic carbocycles. The molecular weight excluding hydrogens is 531 g/mol. The number of pyridine rings is 1. The molecule has 0 saturated carbocycles. The molecule has 0 spiro atoms. The molecule has 204 valence electrons. The van der Waals surface area contributed by atoms with Crippen LogP contribution in [0.15, 0.2) is 48.1 Å². The Morgan fingerprint density at radius 3 is 3.05 bits per heavy atom. The van der Waals surface area contributed by atoms with Crippen LogP contribution in [0.1, 0.15) is 44.2 Å². The fraction of sp³-hybridized carbons (Fsp3) is 0.552. The first-order chi connectivity index (χ1) is 18.6. The van der Waals surface area contributed by atoms with Crippen LogP contribution in [0.3, 0.4) is 0 Å². The fourth-order valence-corrected chi connectivity index (χ4v) is 8.51. The van der Waals surface area contributed by atoms with Crippen LogP contribution in [-0.4, -0.2) is 69.7 Å². The van der Waals surface area contributed by atoms with Crippen molar-refractivity contribution in [2.75, 3.05) is 38.2 Å². The summed E-state index contributed by atoms with van der Waals surface area (Å²) in [5.74, 6) is 4.25. The largest absolute Gasteiger partial charge is 0.497 e. The standard InChI is InChI=1S/C29H39N5OS3/c1-4-6-13-37-29-32-21(18-38-29)16-31-28(36)33-27(26-14-20-10-12-34(26)17-19(20)5-2)23-9-11-30-25-8-7-22(35-3)15-24(23)25/h5,7-9,11,15,19-21,26-27H,2,4,6,10,12-14,16-18H2,1,3H3,(H2,31,33,36)/t19?,20?,21-,26+,27+/m1/s1. The van der Waals surface area contributed by atoms with E-state index in [4.69, 9.17) is 21.9 Å². The third kappa shape index (κ3) is 6.32. The van der Waals surface area contributed by atoms with E-state index in [9.17, 15) is 0 Å². The van der Waals surface area contributed by atoms with Crippen LogP contribution in [0.25, 0.3) is 10.9 Å². The molecule has 6 rings (SSSR count). The third-order valence-electron chi connectivity index (χ3n) is 8.05. The highest BCUT2D eigenvalue weighted by Gasteiger charge is 2.43. The number of aliphatic imine (C=N–C) groups is 1. The van der Waals surface area contributed by atoms with Crippen LogP contribution in [0.2, 0.25) is 0 Å². The van der Waals surface area contributed by atoms with Crippen LogP contribution < -0.4 is 15.4 Å². The van der Waals surface area contributed by atoms with Gasteiger partial charge in [0.2, 0.25) is 0 Å². The van der Waals surface area contributed by atoms with Gasteiger partial charge in [-0.05, 0) is 85.4 Å². The number of methoxy groups -OCH3 is 1. The van der Waals surface area contributed by atoms with Gasteiger partial charge in [0.25, 0.3) is 0 Å². The minimum atomic E-state index is 0.0442. The minimum Gasteiger partial charge on any atom is -0.497 e. The maximum atomic E-state index is 5.90. The van der Waals surface area contributed by atoms with Gasteiger partial charge in [0, 0.05) is 36.5 Å². The zero-order chi connectivity index (χ0) is 26.5. The van der Waals surface area contributed by atoms with Crippen molar-refractivity contribution in [1.82, 2.24) is 20.5 Å². The molecule has 5 heterocycles. The number of hydrogen-bond donors (Lipinski definition) is 2. The molecule has 38 heavy (non-hydrogen) atoms. The Morgan fingerprint density at radius 2 is 2.29 bits per heavy atom. The predicted molar refractivity (Wildman–Crippen MR) is 168 cm³/mol. The maximum absolute atomic E-state index is 5.90. The summed E-state index contributed by atoms with van der Waals surface area (Å²) < 4.78 is 6.80. The van der Waals surface area contributed by atoms with Crippen molar-refractivity contribution in [2.24, 2.45) is 16.8 Å². The molecule has 3 fully saturated rings. The second-order valence-electron chi connectivity index (χ2n) is 10.4. The van der Waals surface area contributed by atoms with Gasteiger partial charge in [0.05, 0.1) is 24.7 Å². The third-order valence-corrected chi connectivity index (χ3v) is 10.8. The Balaban J connectivity index is 1.34. The molecule has 3 unspecified atom stereocenters. The van der Waals surface area contributed by atoms with Crippen LogP contribution in [-0.2, 0) is 0 Å². The van der Waals surface area contributed by atoms with Crippen molar-refractivity contribution in [3.8, 4) is 5.75 Å². The zero-order valence-corrected chi connectivity index (χ0v) is 24.8. The lowest BCUT2D eigenvalue weighted by molar-refractivity contribution is 0.00430. The highest BCUT2D eigenvalue weighted by molar-refractivity contribution is 8.39. The molecule has 0 radical (unpaired) electrons. The number of benzene rings is 1. The van der Waals surface area contributed by atoms with E-state index in [1.54, 1.807) is 7.11 Å². The van der Waals surface area contributed by atoms with Gasteiger partial charge >= 0.3 is 0 Å². The van der Waals surface area contributed by atoms with Gasteiger partial charge in [-0.3, -0.25) is 14.9 Å². The molecule has 6 atom stereocenters. The van der Waals surface area contributed by atoms with Gasteiger partial charge in [0.15, 0.2) is 5.11 Å². The Morgan fingerprint density at radius 1 is 1.39 bits per heavy atom. The summed E-state index contributed by atoms with van der Waals surface area (Å²) >= 11 is 9.67. The molecule has 2 bridgehead atoms. The molecule has 1 aromatic heterocycles. The normalized spacial score (nSPS) is 27.1. The van der Waals surface area contributed by atoms with Crippen molar-refractivity contribution >= 4 is 56.1 Å². The van der Waals surface area contributed by atoms with Gasteiger partial charge in [-0.15, -0.1) is 6.58 Å². The fourth-order valence-electron chi connectivity index (χ4n) is 5.93. The highest BCUT2D eigenvalue weighted by Crippen LogP contribution is 2.42. The Bertz CT molecular complexity index is 1170. The maximum Gasteiger partial charge on any atom is 0.166 e. The average molecular weight is 570 g/mol. The van der Waals surface area contributed by atoms with Gasteiger partial charge in [-0.25, -0.2) is 0 Å². The van der Waals surface area contributed by atoms with Crippen molar-refractivity contribution < 1.29 is 4.74 Å². The van der Waals surface area contributed by atoms with E-state index in [1.165, 1.54) is 29.2 Å². The number of thiocarbonyl (C=S) groups is 1. The van der Waals surface area contributed by atoms with Crippen LogP contribution in [0, 0.1) is 11.8 Å². The number of aromatic nitrogens is 1. The molecule has 4 aliphatic heterocycles. The van der Waals surface area contributed by atoms with Crippen molar-refractivity contribution in [1.29, 1.82) is 0 Å². The van der Waals surface area contributed by atoms with Crippen LogP contribution in [0.4, 0.5) is 0 Å². The molecule has 6 nitrogen and oxygen atoms in total. The van der Waals surface area contributed by atoms with Crippen LogP contribution in [0.5, 0.6) is 5.75 Å². The van der Waals surface area contributed by atoms with Gasteiger partial charge in [-0.2, -0.15) is 0 Å². The summed E-state index contributed by atoms with van der Waals surface area (Å²) in [6, 6.07) is 8.92. The highest BCUT2D eigenvalue weighted by atomic mass is 32.2. The second-order valence-corrected chi connectivity index (χ2v) is 13.2. The average Bonchev–Trinajstić information content (AvgIpc) is 3.42. The molecule has 2 aromatic rings. The lowest BCUT2D eigenvalue weighted by Crippen LogP contribution is -2.58. The van der Waals surface area contributed by atoms with Crippen molar-refractivity contribution in [2.45, 2.75) is 50.7 Å². The number of nitrogens with one attached hydrogen (secondary N) is 2. The number of fused-ring (bicyclic) bond motifs is 4. The number of thioether (sulfide) groups is 2. The summed E-state index contributed by atoms with van der Waals surface area (Å²) in [7, 11) is 1.71. The summed E-state index contributed by atoms with van der Waals surface area (Å²) in [6.07, 6.45) is 8.91. The summed E-state index contributed by atoms with van der Waals surface area (Å²) in [5, 5.41) is 9.06. The number of nitrogens with zero attached hydrogens (tertiary/aromatic N) is 3. The summed E-state index contributed by atoms with van der Waals surface area (Å²) in [5.41, 5.74) is 2.19. The topological polar surface area (TPSA) is 61.8 Å². The molecular formula is C29H39N5OS3. The SMILES string of the molecule is C=CC1CN2CCC1C[C@H]2[C@@H](NC(=S)NC[C@@H]1CSC(SCCCC)=N1)c1ccnc2ccc(OC)cc12.